The van der Waals surface area contributed by atoms with Crippen LogP contribution in [0.15, 0.2) is 36.9 Å². The van der Waals surface area contributed by atoms with Gasteiger partial charge in [0.25, 0.3) is 0 Å². The average molecular weight is 318 g/mol. The third-order valence-electron chi connectivity index (χ3n) is 3.28. The van der Waals surface area contributed by atoms with Crippen molar-refractivity contribution in [3.63, 3.8) is 0 Å². The van der Waals surface area contributed by atoms with Gasteiger partial charge in [-0.15, -0.1) is 6.58 Å². The minimum Gasteiger partial charge on any atom is -0.462 e. The van der Waals surface area contributed by atoms with Crippen LogP contribution in [0.2, 0.25) is 0 Å². The van der Waals surface area contributed by atoms with E-state index >= 15 is 0 Å². The van der Waals surface area contributed by atoms with Gasteiger partial charge in [0, 0.05) is 0 Å². The molecule has 0 spiro atoms. The Morgan fingerprint density at radius 3 is 2.17 bits per heavy atom. The van der Waals surface area contributed by atoms with Gasteiger partial charge in [-0.25, -0.2) is 9.59 Å². The SMILES string of the molecule is C=CCCCOC(=O)c1cccc(C(=O)OCCCC(C)C)c1. The van der Waals surface area contributed by atoms with Gasteiger partial charge in [0.05, 0.1) is 24.3 Å². The first kappa shape index (κ1) is 18.9. The molecule has 0 atom stereocenters. The lowest BCUT2D eigenvalue weighted by molar-refractivity contribution is 0.0494. The van der Waals surface area contributed by atoms with Crippen molar-refractivity contribution in [2.75, 3.05) is 13.2 Å². The van der Waals surface area contributed by atoms with E-state index < -0.39 is 11.9 Å². The molecule has 4 heteroatoms. The number of rotatable bonds is 10. The molecule has 0 bridgehead atoms. The maximum Gasteiger partial charge on any atom is 0.338 e. The van der Waals surface area contributed by atoms with Gasteiger partial charge in [-0.3, -0.25) is 0 Å². The Balaban J connectivity index is 2.49. The van der Waals surface area contributed by atoms with Gasteiger partial charge in [-0.05, 0) is 49.8 Å². The zero-order valence-electron chi connectivity index (χ0n) is 14.0. The van der Waals surface area contributed by atoms with Crippen LogP contribution in [-0.4, -0.2) is 25.2 Å². The molecule has 4 nitrogen and oxygen atoms in total. The molecule has 0 saturated carbocycles. The summed E-state index contributed by atoms with van der Waals surface area (Å²) in [6.45, 7) is 8.61. The Morgan fingerprint density at radius 1 is 1.09 bits per heavy atom. The number of carbonyl (C=O) groups is 2. The molecular formula is C19H26O4. The molecule has 0 fully saturated rings. The van der Waals surface area contributed by atoms with Crippen LogP contribution in [0, 0.1) is 5.92 Å². The van der Waals surface area contributed by atoms with E-state index in [2.05, 4.69) is 20.4 Å². The van der Waals surface area contributed by atoms with Gasteiger partial charge in [-0.1, -0.05) is 26.0 Å². The zero-order valence-corrected chi connectivity index (χ0v) is 14.0. The van der Waals surface area contributed by atoms with Crippen molar-refractivity contribution in [3.8, 4) is 0 Å². The quantitative estimate of drug-likeness (QED) is 0.364. The second-order valence-corrected chi connectivity index (χ2v) is 5.82. The molecule has 1 aromatic carbocycles. The molecule has 0 saturated heterocycles. The van der Waals surface area contributed by atoms with Gasteiger partial charge in [0.2, 0.25) is 0 Å². The summed E-state index contributed by atoms with van der Waals surface area (Å²) in [5, 5.41) is 0. The molecule has 0 heterocycles. The molecular weight excluding hydrogens is 292 g/mol. The largest absolute Gasteiger partial charge is 0.462 e. The van der Waals surface area contributed by atoms with Gasteiger partial charge < -0.3 is 9.47 Å². The van der Waals surface area contributed by atoms with E-state index in [-0.39, 0.29) is 0 Å². The maximum atomic E-state index is 12.0. The van der Waals surface area contributed by atoms with E-state index in [4.69, 9.17) is 9.47 Å². The lowest BCUT2D eigenvalue weighted by Crippen LogP contribution is -2.10. The molecule has 0 amide bonds. The second kappa shape index (κ2) is 10.6. The third kappa shape index (κ3) is 7.63. The van der Waals surface area contributed by atoms with Crippen LogP contribution in [-0.2, 0) is 9.47 Å². The predicted octanol–water partition coefficient (Wildman–Crippen LogP) is 4.40. The fourth-order valence-electron chi connectivity index (χ4n) is 1.99. The van der Waals surface area contributed by atoms with Crippen LogP contribution in [0.4, 0.5) is 0 Å². The van der Waals surface area contributed by atoms with E-state index in [9.17, 15) is 9.59 Å². The second-order valence-electron chi connectivity index (χ2n) is 5.82. The standard InChI is InChI=1S/C19H26O4/c1-4-5-6-12-22-18(20)16-10-7-11-17(14-16)19(21)23-13-8-9-15(2)3/h4,7,10-11,14-15H,1,5-6,8-9,12-13H2,2-3H3. The van der Waals surface area contributed by atoms with Crippen LogP contribution >= 0.6 is 0 Å². The highest BCUT2D eigenvalue weighted by molar-refractivity contribution is 5.95. The fraction of sp³-hybridized carbons (Fsp3) is 0.474. The molecule has 126 valence electrons. The first-order valence-corrected chi connectivity index (χ1v) is 8.09. The fourth-order valence-corrected chi connectivity index (χ4v) is 1.99. The summed E-state index contributed by atoms with van der Waals surface area (Å²) in [5.41, 5.74) is 0.732. The van der Waals surface area contributed by atoms with Crippen molar-refractivity contribution in [2.45, 2.75) is 39.5 Å². The van der Waals surface area contributed by atoms with E-state index in [0.717, 1.165) is 25.7 Å². The van der Waals surface area contributed by atoms with Gasteiger partial charge >= 0.3 is 11.9 Å². The van der Waals surface area contributed by atoms with Crippen molar-refractivity contribution < 1.29 is 19.1 Å². The van der Waals surface area contributed by atoms with Crippen LogP contribution < -0.4 is 0 Å². The summed E-state index contributed by atoms with van der Waals surface area (Å²) in [6, 6.07) is 6.44. The van der Waals surface area contributed by atoms with Crippen molar-refractivity contribution in [1.29, 1.82) is 0 Å². The van der Waals surface area contributed by atoms with E-state index in [1.54, 1.807) is 24.3 Å². The number of esters is 2. The van der Waals surface area contributed by atoms with Crippen molar-refractivity contribution in [1.82, 2.24) is 0 Å². The van der Waals surface area contributed by atoms with Crippen LogP contribution in [0.1, 0.15) is 60.2 Å². The highest BCUT2D eigenvalue weighted by atomic mass is 16.5. The first-order chi connectivity index (χ1) is 11.0. The number of allylic oxidation sites excluding steroid dienone is 1. The summed E-state index contributed by atoms with van der Waals surface area (Å²) >= 11 is 0. The van der Waals surface area contributed by atoms with Crippen molar-refractivity contribution in [3.05, 3.63) is 48.0 Å². The molecule has 0 aliphatic heterocycles. The number of ether oxygens (including phenoxy) is 2. The highest BCUT2D eigenvalue weighted by Gasteiger charge is 2.12. The maximum absolute atomic E-state index is 12.0. The molecule has 0 aliphatic carbocycles. The number of carbonyl (C=O) groups excluding carboxylic acids is 2. The van der Waals surface area contributed by atoms with E-state index in [1.165, 1.54) is 6.07 Å². The minimum absolute atomic E-state index is 0.342. The molecule has 23 heavy (non-hydrogen) atoms. The lowest BCUT2D eigenvalue weighted by atomic mass is 10.1. The average Bonchev–Trinajstić information content (AvgIpc) is 2.55. The third-order valence-corrected chi connectivity index (χ3v) is 3.28. The Kier molecular flexibility index (Phi) is 8.73. The van der Waals surface area contributed by atoms with Crippen LogP contribution in [0.5, 0.6) is 0 Å². The zero-order chi connectivity index (χ0) is 17.1. The number of hydrogen-bond donors (Lipinski definition) is 0. The smallest absolute Gasteiger partial charge is 0.338 e. The monoisotopic (exact) mass is 318 g/mol. The topological polar surface area (TPSA) is 52.6 Å². The van der Waals surface area contributed by atoms with Crippen molar-refractivity contribution in [2.24, 2.45) is 5.92 Å². The number of hydrogen-bond acceptors (Lipinski definition) is 4. The molecule has 0 aliphatic rings. The molecule has 0 unspecified atom stereocenters. The normalized spacial score (nSPS) is 10.4. The Hall–Kier alpha value is -2.10. The Bertz CT molecular complexity index is 520. The summed E-state index contributed by atoms with van der Waals surface area (Å²) in [5.74, 6) is -0.244. The van der Waals surface area contributed by atoms with Crippen LogP contribution in [0.3, 0.4) is 0 Å². The molecule has 1 rings (SSSR count). The van der Waals surface area contributed by atoms with Gasteiger partial charge in [0.15, 0.2) is 0 Å². The van der Waals surface area contributed by atoms with E-state index in [1.807, 2.05) is 0 Å². The Morgan fingerprint density at radius 2 is 1.65 bits per heavy atom. The van der Waals surface area contributed by atoms with Gasteiger partial charge in [-0.2, -0.15) is 0 Å². The van der Waals surface area contributed by atoms with Gasteiger partial charge in [0.1, 0.15) is 0 Å². The molecule has 1 aromatic rings. The summed E-state index contributed by atoms with van der Waals surface area (Å²) in [7, 11) is 0. The molecule has 0 radical (unpaired) electrons. The summed E-state index contributed by atoms with van der Waals surface area (Å²) in [6.07, 6.45) is 5.19. The number of unbranched alkanes of at least 4 members (excludes halogenated alkanes) is 1. The summed E-state index contributed by atoms with van der Waals surface area (Å²) < 4.78 is 10.4. The minimum atomic E-state index is -0.427. The lowest BCUT2D eigenvalue weighted by Gasteiger charge is -2.08. The Labute approximate surface area is 138 Å². The summed E-state index contributed by atoms with van der Waals surface area (Å²) in [4.78, 5) is 23.9. The highest BCUT2D eigenvalue weighted by Crippen LogP contribution is 2.10. The predicted molar refractivity (Wildman–Crippen MR) is 90.5 cm³/mol. The van der Waals surface area contributed by atoms with E-state index in [0.29, 0.717) is 30.3 Å². The first-order valence-electron chi connectivity index (χ1n) is 8.09. The molecule has 0 N–H and O–H groups in total. The van der Waals surface area contributed by atoms with Crippen molar-refractivity contribution >= 4 is 11.9 Å². The molecule has 0 aromatic heterocycles. The van der Waals surface area contributed by atoms with Crippen LogP contribution in [0.25, 0.3) is 0 Å². The number of benzene rings is 1.